The predicted octanol–water partition coefficient (Wildman–Crippen LogP) is 0.918. The van der Waals surface area contributed by atoms with E-state index in [0.29, 0.717) is 11.4 Å². The van der Waals surface area contributed by atoms with Crippen LogP contribution in [-0.2, 0) is 16.6 Å². The first-order chi connectivity index (χ1) is 8.90. The molecule has 0 unspecified atom stereocenters. The van der Waals surface area contributed by atoms with Crippen LogP contribution in [0, 0.1) is 12.7 Å². The summed E-state index contributed by atoms with van der Waals surface area (Å²) in [6.45, 7) is 1.55. The van der Waals surface area contributed by atoms with E-state index in [9.17, 15) is 12.8 Å². The molecule has 0 radical (unpaired) electrons. The van der Waals surface area contributed by atoms with Gasteiger partial charge < -0.3 is 10.7 Å². The van der Waals surface area contributed by atoms with Crippen molar-refractivity contribution in [1.29, 1.82) is 0 Å². The normalized spacial score (nSPS) is 11.7. The van der Waals surface area contributed by atoms with Crippen molar-refractivity contribution in [1.82, 2.24) is 14.7 Å². The number of H-pyrrole nitrogens is 1. The van der Waals surface area contributed by atoms with Gasteiger partial charge in [0.1, 0.15) is 16.5 Å². The Kier molecular flexibility index (Phi) is 3.54. The summed E-state index contributed by atoms with van der Waals surface area (Å²) in [7, 11) is -3.97. The van der Waals surface area contributed by atoms with Crippen LogP contribution < -0.4 is 10.5 Å². The van der Waals surface area contributed by atoms with Crippen molar-refractivity contribution in [3.05, 3.63) is 41.7 Å². The van der Waals surface area contributed by atoms with E-state index in [1.54, 1.807) is 13.1 Å². The maximum absolute atomic E-state index is 13.7. The minimum absolute atomic E-state index is 0.0530. The maximum atomic E-state index is 13.7. The predicted molar refractivity (Wildman–Crippen MR) is 68.2 cm³/mol. The number of sulfonamides is 1. The molecule has 0 atom stereocenters. The van der Waals surface area contributed by atoms with Crippen LogP contribution in [0.3, 0.4) is 0 Å². The van der Waals surface area contributed by atoms with Gasteiger partial charge >= 0.3 is 0 Å². The molecule has 0 spiro atoms. The molecule has 0 saturated carbocycles. The van der Waals surface area contributed by atoms with Gasteiger partial charge in [-0.25, -0.2) is 22.5 Å². The van der Waals surface area contributed by atoms with Gasteiger partial charge in [-0.3, -0.25) is 0 Å². The molecule has 102 valence electrons. The molecular weight excluding hydrogens is 271 g/mol. The highest BCUT2D eigenvalue weighted by Crippen LogP contribution is 2.21. The second-order valence-electron chi connectivity index (χ2n) is 4.00. The van der Waals surface area contributed by atoms with Gasteiger partial charge in [0.2, 0.25) is 10.0 Å². The van der Waals surface area contributed by atoms with Crippen molar-refractivity contribution in [2.45, 2.75) is 18.4 Å². The molecule has 0 bridgehead atoms. The molecular formula is C11H13FN4O2S. The second-order valence-corrected chi connectivity index (χ2v) is 5.74. The Morgan fingerprint density at radius 1 is 1.47 bits per heavy atom. The summed E-state index contributed by atoms with van der Waals surface area (Å²) in [4.78, 5) is 6.14. The van der Waals surface area contributed by atoms with Gasteiger partial charge in [0.05, 0.1) is 6.54 Å². The molecule has 6 nitrogen and oxygen atoms in total. The first kappa shape index (κ1) is 13.5. The Bertz CT molecular complexity index is 683. The first-order valence-corrected chi connectivity index (χ1v) is 6.92. The number of hydrogen-bond acceptors (Lipinski definition) is 4. The molecule has 1 aromatic carbocycles. The number of imidazole rings is 1. The fourth-order valence-electron chi connectivity index (χ4n) is 1.51. The third-order valence-electron chi connectivity index (χ3n) is 2.59. The lowest BCUT2D eigenvalue weighted by Gasteiger charge is -2.09. The molecule has 2 rings (SSSR count). The number of benzene rings is 1. The summed E-state index contributed by atoms with van der Waals surface area (Å²) in [6.07, 6.45) is 3.06. The van der Waals surface area contributed by atoms with E-state index in [2.05, 4.69) is 14.7 Å². The highest BCUT2D eigenvalue weighted by molar-refractivity contribution is 7.89. The first-order valence-electron chi connectivity index (χ1n) is 5.43. The molecule has 1 aromatic heterocycles. The van der Waals surface area contributed by atoms with E-state index in [4.69, 9.17) is 5.73 Å². The van der Waals surface area contributed by atoms with Gasteiger partial charge in [0.25, 0.3) is 0 Å². The lowest BCUT2D eigenvalue weighted by atomic mass is 10.2. The highest BCUT2D eigenvalue weighted by Gasteiger charge is 2.20. The van der Waals surface area contributed by atoms with E-state index in [0.717, 1.165) is 12.1 Å². The largest absolute Gasteiger partial charge is 0.398 e. The molecule has 0 fully saturated rings. The Morgan fingerprint density at radius 2 is 2.21 bits per heavy atom. The fraction of sp³-hybridized carbons (Fsp3) is 0.182. The molecule has 0 aliphatic rings. The molecule has 0 saturated heterocycles. The highest BCUT2D eigenvalue weighted by atomic mass is 32.2. The fourth-order valence-corrected chi connectivity index (χ4v) is 2.59. The van der Waals surface area contributed by atoms with Gasteiger partial charge in [-0.15, -0.1) is 0 Å². The number of nitrogen functional groups attached to an aromatic ring is 1. The molecule has 4 N–H and O–H groups in total. The lowest BCUT2D eigenvalue weighted by Crippen LogP contribution is -2.25. The van der Waals surface area contributed by atoms with Gasteiger partial charge in [0, 0.05) is 18.1 Å². The molecule has 8 heteroatoms. The zero-order valence-corrected chi connectivity index (χ0v) is 11.0. The summed E-state index contributed by atoms with van der Waals surface area (Å²) >= 11 is 0. The Morgan fingerprint density at radius 3 is 2.84 bits per heavy atom. The second kappa shape index (κ2) is 4.98. The quantitative estimate of drug-likeness (QED) is 0.727. The van der Waals surface area contributed by atoms with Crippen molar-refractivity contribution in [2.24, 2.45) is 0 Å². The summed E-state index contributed by atoms with van der Waals surface area (Å²) in [5, 5.41) is 0. The van der Waals surface area contributed by atoms with Crippen molar-refractivity contribution in [2.75, 3.05) is 5.73 Å². The zero-order valence-electron chi connectivity index (χ0n) is 10.1. The van der Waals surface area contributed by atoms with Crippen molar-refractivity contribution < 1.29 is 12.8 Å². The van der Waals surface area contributed by atoms with Gasteiger partial charge in [0.15, 0.2) is 0 Å². The van der Waals surface area contributed by atoms with Crippen LogP contribution in [0.25, 0.3) is 0 Å². The van der Waals surface area contributed by atoms with Crippen molar-refractivity contribution in [3.63, 3.8) is 0 Å². The summed E-state index contributed by atoms with van der Waals surface area (Å²) in [5.41, 5.74) is 6.31. The van der Waals surface area contributed by atoms with Crippen LogP contribution in [0.4, 0.5) is 10.1 Å². The third-order valence-corrected chi connectivity index (χ3v) is 4.01. The summed E-state index contributed by atoms with van der Waals surface area (Å²) < 4.78 is 39.9. The van der Waals surface area contributed by atoms with Crippen LogP contribution in [0.1, 0.15) is 11.4 Å². The minimum Gasteiger partial charge on any atom is -0.398 e. The number of halogens is 1. The van der Waals surface area contributed by atoms with Gasteiger partial charge in [-0.05, 0) is 24.6 Å². The van der Waals surface area contributed by atoms with E-state index >= 15 is 0 Å². The molecule has 0 aliphatic carbocycles. The van der Waals surface area contributed by atoms with Crippen LogP contribution in [0.5, 0.6) is 0 Å². The Balaban J connectivity index is 2.27. The zero-order chi connectivity index (χ0) is 14.0. The number of nitrogens with zero attached hydrogens (tertiary/aromatic N) is 1. The maximum Gasteiger partial charge on any atom is 0.243 e. The number of nitrogens with two attached hydrogens (primary N) is 1. The average Bonchev–Trinajstić information content (AvgIpc) is 2.84. The SMILES string of the molecule is Cc1cc(F)c(S(=O)(=O)NCc2ncc[nH]2)cc1N. The Labute approximate surface area is 109 Å². The third kappa shape index (κ3) is 2.91. The molecule has 2 aromatic rings. The van der Waals surface area contributed by atoms with E-state index in [1.807, 2.05) is 0 Å². The number of hydrogen-bond donors (Lipinski definition) is 3. The molecule has 19 heavy (non-hydrogen) atoms. The van der Waals surface area contributed by atoms with Crippen LogP contribution in [-0.4, -0.2) is 18.4 Å². The lowest BCUT2D eigenvalue weighted by molar-refractivity contribution is 0.555. The smallest absolute Gasteiger partial charge is 0.243 e. The number of anilines is 1. The number of aryl methyl sites for hydroxylation is 1. The topological polar surface area (TPSA) is 101 Å². The van der Waals surface area contributed by atoms with Gasteiger partial charge in [-0.1, -0.05) is 0 Å². The van der Waals surface area contributed by atoms with Crippen LogP contribution in [0.15, 0.2) is 29.4 Å². The molecule has 0 amide bonds. The Hall–Kier alpha value is -1.93. The number of nitrogens with one attached hydrogen (secondary N) is 2. The number of aromatic amines is 1. The minimum atomic E-state index is -3.97. The van der Waals surface area contributed by atoms with E-state index < -0.39 is 20.7 Å². The monoisotopic (exact) mass is 284 g/mol. The summed E-state index contributed by atoms with van der Waals surface area (Å²) in [5.74, 6) is -0.400. The number of aromatic nitrogens is 2. The van der Waals surface area contributed by atoms with E-state index in [1.165, 1.54) is 6.20 Å². The number of rotatable bonds is 4. The molecule has 0 aliphatic heterocycles. The van der Waals surface area contributed by atoms with E-state index in [-0.39, 0.29) is 12.2 Å². The van der Waals surface area contributed by atoms with Gasteiger partial charge in [-0.2, -0.15) is 0 Å². The van der Waals surface area contributed by atoms with Crippen molar-refractivity contribution in [3.8, 4) is 0 Å². The molecule has 1 heterocycles. The average molecular weight is 284 g/mol. The summed E-state index contributed by atoms with van der Waals surface area (Å²) in [6, 6.07) is 2.20. The standard InChI is InChI=1S/C11H13FN4O2S/c1-7-4-8(12)10(5-9(7)13)19(17,18)16-6-11-14-2-3-15-11/h2-5,16H,6,13H2,1H3,(H,14,15). The van der Waals surface area contributed by atoms with Crippen molar-refractivity contribution >= 4 is 15.7 Å². The van der Waals surface area contributed by atoms with Crippen LogP contribution >= 0.6 is 0 Å². The van der Waals surface area contributed by atoms with Crippen LogP contribution in [0.2, 0.25) is 0 Å².